The number of hydrogen-bond acceptors (Lipinski definition) is 5. The van der Waals surface area contributed by atoms with Crippen molar-refractivity contribution in [2.75, 3.05) is 13.2 Å². The minimum atomic E-state index is -4.42. The minimum Gasteiger partial charge on any atom is -0.387 e. The van der Waals surface area contributed by atoms with Crippen molar-refractivity contribution in [3.05, 3.63) is 63.5 Å². The van der Waals surface area contributed by atoms with Crippen molar-refractivity contribution in [1.82, 2.24) is 4.98 Å². The maximum absolute atomic E-state index is 13.5. The van der Waals surface area contributed by atoms with Crippen LogP contribution in [0.1, 0.15) is 118 Å². The summed E-state index contributed by atoms with van der Waals surface area (Å²) >= 11 is 0. The molecule has 1 aromatic carbocycles. The van der Waals surface area contributed by atoms with Gasteiger partial charge in [0, 0.05) is 54.9 Å². The Hall–Kier alpha value is -1.78. The quantitative estimate of drug-likeness (QED) is 0.282. The number of nitrogens with zero attached hydrogens (tertiary/aromatic N) is 1. The third-order valence-corrected chi connectivity index (χ3v) is 15.0. The van der Waals surface area contributed by atoms with Crippen LogP contribution in [0.15, 0.2) is 24.3 Å². The Labute approximate surface area is 248 Å². The highest BCUT2D eigenvalue weighted by molar-refractivity contribution is 6.74. The second-order valence-corrected chi connectivity index (χ2v) is 19.7. The van der Waals surface area contributed by atoms with Crippen LogP contribution in [0.4, 0.5) is 13.2 Å². The Balaban J connectivity index is 1.61. The average Bonchev–Trinajstić information content (AvgIpc) is 3.54. The van der Waals surface area contributed by atoms with Gasteiger partial charge in [0.15, 0.2) is 14.1 Å². The standard InChI is InChI=1S/C33H44F3NO4Si/c1-20(2)27-24-26(25-23(37-27)18-30(12-13-30)19-32(25,38)41-42(6,7)29(3,4)5)31(14-16-39-17-15-31)40-28(24)21-8-10-22(11-9-21)33(34,35)36/h8-11,20,28,38H,12-19H2,1-7H3/t28-,32-/m0/s1. The fraction of sp³-hybridized carbons (Fsp3) is 0.667. The first-order chi connectivity index (χ1) is 19.4. The number of rotatable bonds is 4. The van der Waals surface area contributed by atoms with E-state index < -0.39 is 37.5 Å². The van der Waals surface area contributed by atoms with Gasteiger partial charge in [-0.1, -0.05) is 46.8 Å². The fourth-order valence-electron chi connectivity index (χ4n) is 7.10. The molecular weight excluding hydrogens is 559 g/mol. The van der Waals surface area contributed by atoms with E-state index in [1.807, 2.05) is 0 Å². The zero-order valence-electron chi connectivity index (χ0n) is 25.9. The summed E-state index contributed by atoms with van der Waals surface area (Å²) in [4.78, 5) is 5.30. The average molecular weight is 604 g/mol. The molecule has 0 amide bonds. The molecule has 2 fully saturated rings. The molecule has 230 valence electrons. The Bertz CT molecular complexity index is 1370. The van der Waals surface area contributed by atoms with Crippen LogP contribution >= 0.6 is 0 Å². The Morgan fingerprint density at radius 1 is 1.00 bits per heavy atom. The lowest BCUT2D eigenvalue weighted by Gasteiger charge is -2.48. The van der Waals surface area contributed by atoms with E-state index in [2.05, 4.69) is 47.7 Å². The van der Waals surface area contributed by atoms with Crippen molar-refractivity contribution in [2.24, 2.45) is 5.41 Å². The zero-order valence-corrected chi connectivity index (χ0v) is 26.9. The monoisotopic (exact) mass is 603 g/mol. The van der Waals surface area contributed by atoms with Gasteiger partial charge in [-0.25, -0.2) is 0 Å². The lowest BCUT2D eigenvalue weighted by molar-refractivity contribution is -0.182. The second kappa shape index (κ2) is 9.61. The lowest BCUT2D eigenvalue weighted by Crippen LogP contribution is -2.52. The summed E-state index contributed by atoms with van der Waals surface area (Å²) in [5.74, 6) is -1.48. The molecule has 1 N–H and O–H groups in total. The van der Waals surface area contributed by atoms with Gasteiger partial charge in [-0.15, -0.1) is 0 Å². The summed E-state index contributed by atoms with van der Waals surface area (Å²) in [5.41, 5.74) is 3.56. The van der Waals surface area contributed by atoms with Crippen molar-refractivity contribution < 1.29 is 32.2 Å². The first kappa shape index (κ1) is 30.3. The molecule has 42 heavy (non-hydrogen) atoms. The summed E-state index contributed by atoms with van der Waals surface area (Å²) in [6.45, 7) is 16.1. The molecule has 0 unspecified atom stereocenters. The first-order valence-corrected chi connectivity index (χ1v) is 18.2. The second-order valence-electron chi connectivity index (χ2n) is 15.0. The number of hydrogen-bond donors (Lipinski definition) is 1. The number of aliphatic hydroxyl groups is 1. The predicted molar refractivity (Wildman–Crippen MR) is 157 cm³/mol. The molecular formula is C33H44F3NO4Si. The van der Waals surface area contributed by atoms with Gasteiger partial charge in [-0.3, -0.25) is 4.98 Å². The molecule has 6 rings (SSSR count). The van der Waals surface area contributed by atoms with Crippen LogP contribution in [-0.2, 0) is 37.9 Å². The third-order valence-electron chi connectivity index (χ3n) is 10.5. The van der Waals surface area contributed by atoms with Crippen molar-refractivity contribution in [1.29, 1.82) is 0 Å². The minimum absolute atomic E-state index is 0.0191. The topological polar surface area (TPSA) is 60.8 Å². The van der Waals surface area contributed by atoms with Gasteiger partial charge >= 0.3 is 6.18 Å². The molecule has 2 aliphatic heterocycles. The van der Waals surface area contributed by atoms with E-state index in [-0.39, 0.29) is 16.4 Å². The molecule has 5 nitrogen and oxygen atoms in total. The fourth-order valence-corrected chi connectivity index (χ4v) is 8.42. The maximum Gasteiger partial charge on any atom is 0.416 e. The molecule has 2 aliphatic carbocycles. The molecule has 1 saturated carbocycles. The number of aromatic nitrogens is 1. The highest BCUT2D eigenvalue weighted by Gasteiger charge is 2.61. The largest absolute Gasteiger partial charge is 0.416 e. The van der Waals surface area contributed by atoms with Gasteiger partial charge in [0.25, 0.3) is 0 Å². The molecule has 0 bridgehead atoms. The normalized spacial score (nSPS) is 26.5. The van der Waals surface area contributed by atoms with Gasteiger partial charge in [-0.2, -0.15) is 13.2 Å². The first-order valence-electron chi connectivity index (χ1n) is 15.3. The Morgan fingerprint density at radius 2 is 1.62 bits per heavy atom. The molecule has 3 heterocycles. The maximum atomic E-state index is 13.5. The Morgan fingerprint density at radius 3 is 2.14 bits per heavy atom. The van der Waals surface area contributed by atoms with Crippen molar-refractivity contribution >= 4 is 8.32 Å². The molecule has 2 atom stereocenters. The molecule has 4 aliphatic rings. The summed E-state index contributed by atoms with van der Waals surface area (Å²) in [6, 6.07) is 5.30. The number of alkyl halides is 3. The summed E-state index contributed by atoms with van der Waals surface area (Å²) in [7, 11) is -2.45. The smallest absolute Gasteiger partial charge is 0.387 e. The van der Waals surface area contributed by atoms with Crippen LogP contribution in [0.2, 0.25) is 18.1 Å². The number of pyridine rings is 1. The van der Waals surface area contributed by atoms with Crippen molar-refractivity contribution in [2.45, 2.75) is 121 Å². The lowest BCUT2D eigenvalue weighted by atomic mass is 9.71. The van der Waals surface area contributed by atoms with Crippen LogP contribution in [-0.4, -0.2) is 31.6 Å². The predicted octanol–water partition coefficient (Wildman–Crippen LogP) is 8.24. The van der Waals surface area contributed by atoms with Crippen LogP contribution in [0.5, 0.6) is 0 Å². The number of fused-ring (bicyclic) bond motifs is 4. The number of ether oxygens (including phenoxy) is 2. The summed E-state index contributed by atoms with van der Waals surface area (Å²) in [6.07, 6.45) is -0.468. The van der Waals surface area contributed by atoms with E-state index in [0.717, 1.165) is 59.5 Å². The van der Waals surface area contributed by atoms with Gasteiger partial charge in [0.1, 0.15) is 6.10 Å². The summed E-state index contributed by atoms with van der Waals surface area (Å²) in [5, 5.41) is 12.7. The van der Waals surface area contributed by atoms with Gasteiger partial charge < -0.3 is 19.0 Å². The van der Waals surface area contributed by atoms with Crippen LogP contribution in [0.3, 0.4) is 0 Å². The van der Waals surface area contributed by atoms with Gasteiger partial charge in [0.2, 0.25) is 0 Å². The molecule has 1 aromatic heterocycles. The van der Waals surface area contributed by atoms with Gasteiger partial charge in [-0.05, 0) is 66.4 Å². The van der Waals surface area contributed by atoms with E-state index in [1.165, 1.54) is 12.1 Å². The molecule has 2 aromatic rings. The zero-order chi connectivity index (χ0) is 30.5. The van der Waals surface area contributed by atoms with Crippen LogP contribution < -0.4 is 0 Å². The third kappa shape index (κ3) is 4.87. The van der Waals surface area contributed by atoms with E-state index in [9.17, 15) is 18.3 Å². The van der Waals surface area contributed by atoms with E-state index in [0.29, 0.717) is 38.0 Å². The summed E-state index contributed by atoms with van der Waals surface area (Å²) < 4.78 is 60.2. The van der Waals surface area contributed by atoms with E-state index >= 15 is 0 Å². The molecule has 0 radical (unpaired) electrons. The van der Waals surface area contributed by atoms with Crippen molar-refractivity contribution in [3.8, 4) is 0 Å². The number of benzene rings is 1. The van der Waals surface area contributed by atoms with E-state index in [4.69, 9.17) is 18.9 Å². The number of halogens is 3. The highest BCUT2D eigenvalue weighted by atomic mass is 28.4. The Kier molecular flexibility index (Phi) is 6.92. The molecule has 1 saturated heterocycles. The SMILES string of the molecule is CC(C)c1nc2c(c3c1[C@H](c1ccc(C(F)(F)F)cc1)OC31CCOCC1)[C@@](O)(O[Si](C)(C)C(C)(C)C)CC1(CC1)C2. The van der Waals surface area contributed by atoms with Crippen LogP contribution in [0, 0.1) is 5.41 Å². The van der Waals surface area contributed by atoms with Crippen LogP contribution in [0.25, 0.3) is 0 Å². The van der Waals surface area contributed by atoms with Crippen molar-refractivity contribution in [3.63, 3.8) is 0 Å². The molecule has 9 heteroatoms. The van der Waals surface area contributed by atoms with E-state index in [1.54, 1.807) is 0 Å². The molecule has 2 spiro atoms. The van der Waals surface area contributed by atoms with Gasteiger partial charge in [0.05, 0.1) is 16.9 Å². The highest BCUT2D eigenvalue weighted by Crippen LogP contribution is 2.64.